The van der Waals surface area contributed by atoms with Crippen LogP contribution in [0.2, 0.25) is 0 Å². The lowest BCUT2D eigenvalue weighted by molar-refractivity contribution is 0.368. The lowest BCUT2D eigenvalue weighted by atomic mass is 10.2. The van der Waals surface area contributed by atoms with Crippen molar-refractivity contribution >= 4 is 27.3 Å². The van der Waals surface area contributed by atoms with Gasteiger partial charge < -0.3 is 10.6 Å². The van der Waals surface area contributed by atoms with Crippen LogP contribution in [0, 0.1) is 0 Å². The number of hydrogen-bond donors (Lipinski definition) is 1. The maximum atomic E-state index is 6.32. The molecular weight excluding hydrogens is 312 g/mol. The number of thiophene rings is 1. The van der Waals surface area contributed by atoms with Crippen LogP contribution in [0.5, 0.6) is 0 Å². The van der Waals surface area contributed by atoms with E-state index in [0.717, 1.165) is 28.1 Å². The molecule has 6 heteroatoms. The van der Waals surface area contributed by atoms with Gasteiger partial charge in [-0.2, -0.15) is 5.10 Å². The minimum atomic E-state index is -0.121. The zero-order chi connectivity index (χ0) is 13.1. The normalized spacial score (nSPS) is 13.2. The molecule has 18 heavy (non-hydrogen) atoms. The van der Waals surface area contributed by atoms with E-state index in [1.165, 1.54) is 0 Å². The molecule has 0 aliphatic heterocycles. The molecule has 4 nitrogen and oxygen atoms in total. The first-order valence-electron chi connectivity index (χ1n) is 5.74. The van der Waals surface area contributed by atoms with Gasteiger partial charge in [-0.1, -0.05) is 6.07 Å². The Bertz CT molecular complexity index is 492. The quantitative estimate of drug-likeness (QED) is 0.916. The summed E-state index contributed by atoms with van der Waals surface area (Å²) in [5.41, 5.74) is 7.36. The zero-order valence-corrected chi connectivity index (χ0v) is 12.9. The SMILES string of the molecule is CN(C)CCn1ncc(Br)c1C(N)c1cccs1. The molecule has 2 aromatic rings. The average molecular weight is 329 g/mol. The smallest absolute Gasteiger partial charge is 0.0828 e. The van der Waals surface area contributed by atoms with E-state index in [1.807, 2.05) is 22.3 Å². The Labute approximate surface area is 120 Å². The van der Waals surface area contributed by atoms with Crippen molar-refractivity contribution in [2.45, 2.75) is 12.6 Å². The summed E-state index contributed by atoms with van der Waals surface area (Å²) in [6.45, 7) is 1.78. The van der Waals surface area contributed by atoms with Crippen LogP contribution in [-0.4, -0.2) is 35.3 Å². The second-order valence-corrected chi connectivity index (χ2v) is 6.23. The van der Waals surface area contributed by atoms with E-state index in [1.54, 1.807) is 11.3 Å². The predicted octanol–water partition coefficient (Wildman–Crippen LogP) is 2.32. The van der Waals surface area contributed by atoms with E-state index in [2.05, 4.69) is 46.1 Å². The van der Waals surface area contributed by atoms with Gasteiger partial charge in [-0.15, -0.1) is 11.3 Å². The number of likely N-dealkylation sites (N-methyl/N-ethyl adjacent to an activating group) is 1. The highest BCUT2D eigenvalue weighted by Crippen LogP contribution is 2.29. The van der Waals surface area contributed by atoms with Crippen LogP contribution in [-0.2, 0) is 6.54 Å². The fourth-order valence-electron chi connectivity index (χ4n) is 1.76. The van der Waals surface area contributed by atoms with Crippen LogP contribution in [0.4, 0.5) is 0 Å². The highest BCUT2D eigenvalue weighted by molar-refractivity contribution is 9.10. The van der Waals surface area contributed by atoms with Gasteiger partial charge in [0.25, 0.3) is 0 Å². The molecule has 0 aromatic carbocycles. The summed E-state index contributed by atoms with van der Waals surface area (Å²) in [6.07, 6.45) is 1.82. The first-order chi connectivity index (χ1) is 8.59. The predicted molar refractivity (Wildman–Crippen MR) is 78.8 cm³/mol. The Balaban J connectivity index is 2.23. The Morgan fingerprint density at radius 1 is 1.56 bits per heavy atom. The monoisotopic (exact) mass is 328 g/mol. The maximum Gasteiger partial charge on any atom is 0.0828 e. The van der Waals surface area contributed by atoms with Crippen molar-refractivity contribution in [2.24, 2.45) is 5.73 Å². The van der Waals surface area contributed by atoms with Crippen molar-refractivity contribution in [2.75, 3.05) is 20.6 Å². The number of hydrogen-bond acceptors (Lipinski definition) is 4. The molecule has 0 fully saturated rings. The van der Waals surface area contributed by atoms with Gasteiger partial charge in [0.2, 0.25) is 0 Å². The average Bonchev–Trinajstić information content (AvgIpc) is 2.94. The van der Waals surface area contributed by atoms with Gasteiger partial charge in [-0.05, 0) is 41.5 Å². The fourth-order valence-corrected chi connectivity index (χ4v) is 3.03. The number of nitrogens with two attached hydrogens (primary N) is 1. The third-order valence-corrected chi connectivity index (χ3v) is 4.30. The molecule has 0 amide bonds. The molecule has 1 unspecified atom stereocenters. The molecule has 0 aliphatic carbocycles. The molecule has 2 heterocycles. The Morgan fingerprint density at radius 3 is 2.94 bits per heavy atom. The molecule has 0 spiro atoms. The molecule has 98 valence electrons. The van der Waals surface area contributed by atoms with Gasteiger partial charge in [0.1, 0.15) is 0 Å². The van der Waals surface area contributed by atoms with Gasteiger partial charge in [-0.25, -0.2) is 0 Å². The summed E-state index contributed by atoms with van der Waals surface area (Å²) in [6, 6.07) is 3.96. The molecule has 1 atom stereocenters. The standard InChI is InChI=1S/C12H17BrN4S/c1-16(2)5-6-17-12(9(13)8-15-17)11(14)10-4-3-7-18-10/h3-4,7-8,11H,5-6,14H2,1-2H3. The summed E-state index contributed by atoms with van der Waals surface area (Å²) >= 11 is 5.21. The highest BCUT2D eigenvalue weighted by atomic mass is 79.9. The third-order valence-electron chi connectivity index (χ3n) is 2.74. The van der Waals surface area contributed by atoms with Crippen molar-refractivity contribution in [3.8, 4) is 0 Å². The van der Waals surface area contributed by atoms with E-state index in [4.69, 9.17) is 5.73 Å². The molecule has 0 saturated heterocycles. The molecule has 2 aromatic heterocycles. The van der Waals surface area contributed by atoms with Crippen LogP contribution in [0.3, 0.4) is 0 Å². The lowest BCUT2D eigenvalue weighted by Crippen LogP contribution is -2.23. The Kier molecular flexibility index (Phi) is 4.55. The zero-order valence-electron chi connectivity index (χ0n) is 10.5. The van der Waals surface area contributed by atoms with Gasteiger partial charge >= 0.3 is 0 Å². The van der Waals surface area contributed by atoms with E-state index in [9.17, 15) is 0 Å². The topological polar surface area (TPSA) is 47.1 Å². The van der Waals surface area contributed by atoms with Crippen LogP contribution in [0.1, 0.15) is 16.6 Å². The molecule has 0 bridgehead atoms. The molecule has 0 aliphatic rings. The highest BCUT2D eigenvalue weighted by Gasteiger charge is 2.18. The molecule has 2 rings (SSSR count). The van der Waals surface area contributed by atoms with E-state index < -0.39 is 0 Å². The van der Waals surface area contributed by atoms with Crippen molar-refractivity contribution in [3.05, 3.63) is 38.8 Å². The lowest BCUT2D eigenvalue weighted by Gasteiger charge is -2.16. The maximum absolute atomic E-state index is 6.32. The number of nitrogens with zero attached hydrogens (tertiary/aromatic N) is 3. The Hall–Kier alpha value is -0.690. The largest absolute Gasteiger partial charge is 0.318 e. The third kappa shape index (κ3) is 3.00. The Morgan fingerprint density at radius 2 is 2.33 bits per heavy atom. The number of rotatable bonds is 5. The van der Waals surface area contributed by atoms with Crippen molar-refractivity contribution < 1.29 is 0 Å². The van der Waals surface area contributed by atoms with Crippen LogP contribution in [0.15, 0.2) is 28.2 Å². The van der Waals surface area contributed by atoms with Crippen LogP contribution < -0.4 is 5.73 Å². The second kappa shape index (κ2) is 5.97. The van der Waals surface area contributed by atoms with Crippen molar-refractivity contribution in [1.29, 1.82) is 0 Å². The summed E-state index contributed by atoms with van der Waals surface area (Å²) < 4.78 is 2.95. The van der Waals surface area contributed by atoms with Crippen molar-refractivity contribution in [3.63, 3.8) is 0 Å². The van der Waals surface area contributed by atoms with E-state index in [0.29, 0.717) is 0 Å². The first kappa shape index (κ1) is 13.7. The number of aromatic nitrogens is 2. The second-order valence-electron chi connectivity index (χ2n) is 4.40. The minimum absolute atomic E-state index is 0.121. The van der Waals surface area contributed by atoms with Crippen LogP contribution >= 0.6 is 27.3 Å². The minimum Gasteiger partial charge on any atom is -0.318 e. The van der Waals surface area contributed by atoms with Gasteiger partial charge in [0, 0.05) is 11.4 Å². The molecule has 0 saturated carbocycles. The van der Waals surface area contributed by atoms with Crippen LogP contribution in [0.25, 0.3) is 0 Å². The van der Waals surface area contributed by atoms with Gasteiger partial charge in [0.15, 0.2) is 0 Å². The number of halogens is 1. The first-order valence-corrected chi connectivity index (χ1v) is 7.41. The molecule has 0 radical (unpaired) electrons. The van der Waals surface area contributed by atoms with Crippen molar-refractivity contribution in [1.82, 2.24) is 14.7 Å². The fraction of sp³-hybridized carbons (Fsp3) is 0.417. The summed E-state index contributed by atoms with van der Waals surface area (Å²) in [5, 5.41) is 6.43. The molecule has 2 N–H and O–H groups in total. The summed E-state index contributed by atoms with van der Waals surface area (Å²) in [4.78, 5) is 3.29. The van der Waals surface area contributed by atoms with E-state index in [-0.39, 0.29) is 6.04 Å². The summed E-state index contributed by atoms with van der Waals surface area (Å²) in [7, 11) is 4.11. The summed E-state index contributed by atoms with van der Waals surface area (Å²) in [5.74, 6) is 0. The molecular formula is C12H17BrN4S. The van der Waals surface area contributed by atoms with Gasteiger partial charge in [0.05, 0.1) is 29.0 Å². The van der Waals surface area contributed by atoms with Gasteiger partial charge in [-0.3, -0.25) is 4.68 Å². The van der Waals surface area contributed by atoms with E-state index >= 15 is 0 Å².